The Balaban J connectivity index is 1.82. The third-order valence-electron chi connectivity index (χ3n) is 5.03. The largest absolute Gasteiger partial charge is 0.394 e. The normalized spacial score (nSPS) is 23.4. The van der Waals surface area contributed by atoms with Crippen LogP contribution in [0.2, 0.25) is 0 Å². The SMILES string of the molecule is CC(CO)N(C)C(=O)CN1C(=O)NC2(CCc3ccccc32)C1=O. The number of fused-ring (bicyclic) bond motifs is 2. The van der Waals surface area contributed by atoms with Crippen molar-refractivity contribution in [2.75, 3.05) is 20.2 Å². The first-order valence-electron chi connectivity index (χ1n) is 7.99. The number of aryl methyl sites for hydroxylation is 1. The van der Waals surface area contributed by atoms with Crippen LogP contribution in [0.4, 0.5) is 4.79 Å². The molecule has 2 unspecified atom stereocenters. The molecule has 0 saturated carbocycles. The molecular weight excluding hydrogens is 310 g/mol. The zero-order chi connectivity index (χ0) is 17.5. The molecule has 7 heteroatoms. The van der Waals surface area contributed by atoms with Crippen LogP contribution in [0.3, 0.4) is 0 Å². The number of carbonyl (C=O) groups is 3. The summed E-state index contributed by atoms with van der Waals surface area (Å²) >= 11 is 0. The van der Waals surface area contributed by atoms with Gasteiger partial charge in [0.2, 0.25) is 5.91 Å². The number of hydrogen-bond donors (Lipinski definition) is 2. The van der Waals surface area contributed by atoms with Gasteiger partial charge in [-0.25, -0.2) is 4.79 Å². The van der Waals surface area contributed by atoms with Crippen LogP contribution in [0.15, 0.2) is 24.3 Å². The molecule has 1 aromatic rings. The first-order chi connectivity index (χ1) is 11.4. The summed E-state index contributed by atoms with van der Waals surface area (Å²) in [7, 11) is 1.54. The van der Waals surface area contributed by atoms with Crippen LogP contribution in [-0.4, -0.2) is 59.0 Å². The van der Waals surface area contributed by atoms with Crippen LogP contribution in [-0.2, 0) is 21.5 Å². The molecule has 1 spiro atoms. The molecule has 2 aliphatic rings. The van der Waals surface area contributed by atoms with Gasteiger partial charge in [-0.15, -0.1) is 0 Å². The lowest BCUT2D eigenvalue weighted by Crippen LogP contribution is -2.46. The predicted octanol–water partition coefficient (Wildman–Crippen LogP) is 0.219. The number of aliphatic hydroxyl groups excluding tert-OH is 1. The average Bonchev–Trinajstić information content (AvgIpc) is 3.07. The highest BCUT2D eigenvalue weighted by atomic mass is 16.3. The summed E-state index contributed by atoms with van der Waals surface area (Å²) in [6.07, 6.45) is 1.22. The van der Waals surface area contributed by atoms with Crippen LogP contribution in [0, 0.1) is 0 Å². The third-order valence-corrected chi connectivity index (χ3v) is 5.03. The van der Waals surface area contributed by atoms with E-state index in [-0.39, 0.29) is 31.0 Å². The predicted molar refractivity (Wildman–Crippen MR) is 86.0 cm³/mol. The van der Waals surface area contributed by atoms with E-state index in [4.69, 9.17) is 5.11 Å². The number of benzene rings is 1. The van der Waals surface area contributed by atoms with Gasteiger partial charge in [-0.2, -0.15) is 0 Å². The molecule has 1 aliphatic heterocycles. The fourth-order valence-electron chi connectivity index (χ4n) is 3.35. The van der Waals surface area contributed by atoms with E-state index in [0.29, 0.717) is 12.8 Å². The van der Waals surface area contributed by atoms with E-state index in [0.717, 1.165) is 16.0 Å². The van der Waals surface area contributed by atoms with Gasteiger partial charge in [0.1, 0.15) is 12.1 Å². The maximum absolute atomic E-state index is 12.9. The lowest BCUT2D eigenvalue weighted by atomic mass is 9.92. The van der Waals surface area contributed by atoms with Gasteiger partial charge in [-0.05, 0) is 30.9 Å². The van der Waals surface area contributed by atoms with Crippen molar-refractivity contribution in [3.05, 3.63) is 35.4 Å². The molecule has 7 nitrogen and oxygen atoms in total. The van der Waals surface area contributed by atoms with Crippen LogP contribution >= 0.6 is 0 Å². The minimum atomic E-state index is -1.05. The number of imide groups is 1. The van der Waals surface area contributed by atoms with Gasteiger partial charge in [-0.3, -0.25) is 14.5 Å². The highest BCUT2D eigenvalue weighted by Gasteiger charge is 2.55. The Hall–Kier alpha value is -2.41. The zero-order valence-electron chi connectivity index (χ0n) is 13.8. The Labute approximate surface area is 140 Å². The molecule has 1 aliphatic carbocycles. The maximum Gasteiger partial charge on any atom is 0.325 e. The number of rotatable bonds is 4. The number of likely N-dealkylation sites (N-methyl/N-ethyl adjacent to an activating group) is 1. The van der Waals surface area contributed by atoms with E-state index in [1.54, 1.807) is 14.0 Å². The number of urea groups is 1. The van der Waals surface area contributed by atoms with Crippen LogP contribution in [0.5, 0.6) is 0 Å². The molecule has 24 heavy (non-hydrogen) atoms. The monoisotopic (exact) mass is 331 g/mol. The first kappa shape index (κ1) is 16.4. The molecule has 2 atom stereocenters. The number of carbonyl (C=O) groups excluding carboxylic acids is 3. The quantitative estimate of drug-likeness (QED) is 0.772. The second-order valence-electron chi connectivity index (χ2n) is 6.42. The molecule has 2 N–H and O–H groups in total. The van der Waals surface area contributed by atoms with Gasteiger partial charge >= 0.3 is 6.03 Å². The van der Waals surface area contributed by atoms with Crippen molar-refractivity contribution in [1.82, 2.24) is 15.1 Å². The Morgan fingerprint density at radius 3 is 2.83 bits per heavy atom. The van der Waals surface area contributed by atoms with Crippen molar-refractivity contribution >= 4 is 17.8 Å². The van der Waals surface area contributed by atoms with E-state index in [9.17, 15) is 14.4 Å². The summed E-state index contributed by atoms with van der Waals surface area (Å²) in [6.45, 7) is 1.19. The summed E-state index contributed by atoms with van der Waals surface area (Å²) in [5.41, 5.74) is 0.815. The fourth-order valence-corrected chi connectivity index (χ4v) is 3.35. The van der Waals surface area contributed by atoms with E-state index >= 15 is 0 Å². The summed E-state index contributed by atoms with van der Waals surface area (Å²) in [5, 5.41) is 11.9. The van der Waals surface area contributed by atoms with Gasteiger partial charge < -0.3 is 15.3 Å². The van der Waals surface area contributed by atoms with Crippen molar-refractivity contribution in [1.29, 1.82) is 0 Å². The average molecular weight is 331 g/mol. The van der Waals surface area contributed by atoms with Gasteiger partial charge in [-0.1, -0.05) is 24.3 Å². The van der Waals surface area contributed by atoms with Gasteiger partial charge in [0.05, 0.1) is 12.6 Å². The number of aliphatic hydroxyl groups is 1. The molecule has 1 heterocycles. The molecule has 3 rings (SSSR count). The molecule has 128 valence electrons. The highest BCUT2D eigenvalue weighted by molar-refractivity contribution is 6.09. The van der Waals surface area contributed by atoms with Crippen molar-refractivity contribution in [2.24, 2.45) is 0 Å². The van der Waals surface area contributed by atoms with E-state index in [1.807, 2.05) is 24.3 Å². The Kier molecular flexibility index (Phi) is 4.04. The minimum Gasteiger partial charge on any atom is -0.394 e. The molecule has 1 aromatic carbocycles. The smallest absolute Gasteiger partial charge is 0.325 e. The van der Waals surface area contributed by atoms with E-state index in [1.165, 1.54) is 4.90 Å². The van der Waals surface area contributed by atoms with E-state index < -0.39 is 11.6 Å². The van der Waals surface area contributed by atoms with Gasteiger partial charge in [0.15, 0.2) is 0 Å². The first-order valence-corrected chi connectivity index (χ1v) is 7.99. The minimum absolute atomic E-state index is 0.181. The summed E-state index contributed by atoms with van der Waals surface area (Å²) in [6, 6.07) is 6.64. The fraction of sp³-hybridized carbons (Fsp3) is 0.471. The van der Waals surface area contributed by atoms with Crippen molar-refractivity contribution < 1.29 is 19.5 Å². The number of nitrogens with one attached hydrogen (secondary N) is 1. The van der Waals surface area contributed by atoms with Crippen LogP contribution in [0.1, 0.15) is 24.5 Å². The molecule has 0 radical (unpaired) electrons. The Bertz CT molecular complexity index is 705. The Morgan fingerprint density at radius 2 is 2.12 bits per heavy atom. The lowest BCUT2D eigenvalue weighted by molar-refractivity contribution is -0.139. The standard InChI is InChI=1S/C17H21N3O4/c1-11(10-21)19(2)14(22)9-20-15(23)17(18-16(20)24)8-7-12-5-3-4-6-13(12)17/h3-6,11,21H,7-10H2,1-2H3,(H,18,24). The Morgan fingerprint density at radius 1 is 1.42 bits per heavy atom. The number of nitrogens with zero attached hydrogens (tertiary/aromatic N) is 2. The number of amides is 4. The highest BCUT2D eigenvalue weighted by Crippen LogP contribution is 2.41. The second kappa shape index (κ2) is 5.90. The summed E-state index contributed by atoms with van der Waals surface area (Å²) in [4.78, 5) is 39.8. The summed E-state index contributed by atoms with van der Waals surface area (Å²) < 4.78 is 0. The van der Waals surface area contributed by atoms with Gasteiger partial charge in [0.25, 0.3) is 5.91 Å². The van der Waals surface area contributed by atoms with Crippen molar-refractivity contribution in [3.63, 3.8) is 0 Å². The van der Waals surface area contributed by atoms with Gasteiger partial charge in [0, 0.05) is 7.05 Å². The molecule has 1 saturated heterocycles. The van der Waals surface area contributed by atoms with Crippen LogP contribution < -0.4 is 5.32 Å². The lowest BCUT2D eigenvalue weighted by Gasteiger charge is -2.26. The third kappa shape index (κ3) is 2.36. The molecule has 4 amide bonds. The molecule has 0 aromatic heterocycles. The second-order valence-corrected chi connectivity index (χ2v) is 6.42. The topological polar surface area (TPSA) is 89.9 Å². The van der Waals surface area contributed by atoms with E-state index in [2.05, 4.69) is 5.32 Å². The summed E-state index contributed by atoms with van der Waals surface area (Å²) in [5.74, 6) is -0.765. The van der Waals surface area contributed by atoms with Crippen molar-refractivity contribution in [3.8, 4) is 0 Å². The molecular formula is C17H21N3O4. The molecule has 1 fully saturated rings. The maximum atomic E-state index is 12.9. The molecule has 0 bridgehead atoms. The van der Waals surface area contributed by atoms with Crippen molar-refractivity contribution in [2.45, 2.75) is 31.3 Å². The van der Waals surface area contributed by atoms with Crippen LogP contribution in [0.25, 0.3) is 0 Å². The number of hydrogen-bond acceptors (Lipinski definition) is 4. The zero-order valence-corrected chi connectivity index (χ0v) is 13.8.